The Kier molecular flexibility index (Phi) is 6.38. The topological polar surface area (TPSA) is 35.5 Å². The predicted molar refractivity (Wildman–Crippen MR) is 46.9 cm³/mol. The van der Waals surface area contributed by atoms with E-state index in [1.54, 1.807) is 6.92 Å². The SMILES string of the molecule is CC=C(C)COCC(=O)OCC. The van der Waals surface area contributed by atoms with E-state index in [2.05, 4.69) is 4.74 Å². The maximum absolute atomic E-state index is 10.7. The van der Waals surface area contributed by atoms with Crippen LogP contribution in [-0.2, 0) is 14.3 Å². The normalized spacial score (nSPS) is 11.4. The molecule has 0 N–H and O–H groups in total. The van der Waals surface area contributed by atoms with Crippen LogP contribution in [0, 0.1) is 0 Å². The van der Waals surface area contributed by atoms with Gasteiger partial charge in [0.25, 0.3) is 0 Å². The lowest BCUT2D eigenvalue weighted by Crippen LogP contribution is -2.13. The van der Waals surface area contributed by atoms with Gasteiger partial charge >= 0.3 is 5.97 Å². The Morgan fingerprint density at radius 2 is 2.08 bits per heavy atom. The lowest BCUT2D eigenvalue weighted by molar-refractivity contribution is -0.148. The zero-order chi connectivity index (χ0) is 9.40. The molecule has 0 aliphatic carbocycles. The smallest absolute Gasteiger partial charge is 0.332 e. The molecule has 0 spiro atoms. The highest BCUT2D eigenvalue weighted by molar-refractivity contribution is 5.70. The van der Waals surface area contributed by atoms with Crippen molar-refractivity contribution in [3.05, 3.63) is 11.6 Å². The van der Waals surface area contributed by atoms with Gasteiger partial charge in [0.1, 0.15) is 6.61 Å². The second-order valence-corrected chi connectivity index (χ2v) is 2.43. The molecule has 0 saturated heterocycles. The average molecular weight is 172 g/mol. The van der Waals surface area contributed by atoms with Crippen molar-refractivity contribution in [2.45, 2.75) is 20.8 Å². The molecule has 0 rings (SSSR count). The van der Waals surface area contributed by atoms with Gasteiger partial charge < -0.3 is 9.47 Å². The molecule has 3 nitrogen and oxygen atoms in total. The average Bonchev–Trinajstić information content (AvgIpc) is 2.04. The molecule has 0 bridgehead atoms. The first-order valence-corrected chi connectivity index (χ1v) is 4.05. The van der Waals surface area contributed by atoms with E-state index in [0.717, 1.165) is 5.57 Å². The van der Waals surface area contributed by atoms with Crippen LogP contribution in [-0.4, -0.2) is 25.8 Å². The summed E-state index contributed by atoms with van der Waals surface area (Å²) in [6, 6.07) is 0. The Bertz CT molecular complexity index is 161. The van der Waals surface area contributed by atoms with Crippen LogP contribution in [0.15, 0.2) is 11.6 Å². The summed E-state index contributed by atoms with van der Waals surface area (Å²) in [4.78, 5) is 10.7. The van der Waals surface area contributed by atoms with E-state index in [-0.39, 0.29) is 12.6 Å². The maximum Gasteiger partial charge on any atom is 0.332 e. The van der Waals surface area contributed by atoms with Gasteiger partial charge in [-0.25, -0.2) is 4.79 Å². The minimum Gasteiger partial charge on any atom is -0.464 e. The summed E-state index contributed by atoms with van der Waals surface area (Å²) in [5.41, 5.74) is 1.11. The number of ether oxygens (including phenoxy) is 2. The molecule has 0 aliphatic rings. The summed E-state index contributed by atoms with van der Waals surface area (Å²) < 4.78 is 9.73. The van der Waals surface area contributed by atoms with Crippen molar-refractivity contribution in [3.8, 4) is 0 Å². The Hall–Kier alpha value is -0.830. The van der Waals surface area contributed by atoms with Gasteiger partial charge in [0, 0.05) is 0 Å². The standard InChI is InChI=1S/C9H16O3/c1-4-8(3)6-11-7-9(10)12-5-2/h4H,5-7H2,1-3H3. The van der Waals surface area contributed by atoms with Gasteiger partial charge in [0.2, 0.25) is 0 Å². The summed E-state index contributed by atoms with van der Waals surface area (Å²) >= 11 is 0. The fraction of sp³-hybridized carbons (Fsp3) is 0.667. The number of esters is 1. The molecular weight excluding hydrogens is 156 g/mol. The number of hydrogen-bond acceptors (Lipinski definition) is 3. The number of carbonyl (C=O) groups is 1. The summed E-state index contributed by atoms with van der Waals surface area (Å²) in [6.45, 7) is 6.60. The molecule has 0 atom stereocenters. The van der Waals surface area contributed by atoms with Crippen LogP contribution in [0.1, 0.15) is 20.8 Å². The van der Waals surface area contributed by atoms with Gasteiger partial charge in [-0.2, -0.15) is 0 Å². The van der Waals surface area contributed by atoms with E-state index >= 15 is 0 Å². The molecule has 12 heavy (non-hydrogen) atoms. The maximum atomic E-state index is 10.7. The minimum absolute atomic E-state index is 0.0407. The van der Waals surface area contributed by atoms with Crippen LogP contribution in [0.2, 0.25) is 0 Å². The van der Waals surface area contributed by atoms with Crippen molar-refractivity contribution in [1.82, 2.24) is 0 Å². The fourth-order valence-electron chi connectivity index (χ4n) is 0.581. The Morgan fingerprint density at radius 1 is 1.42 bits per heavy atom. The van der Waals surface area contributed by atoms with Crippen molar-refractivity contribution < 1.29 is 14.3 Å². The van der Waals surface area contributed by atoms with E-state index in [1.807, 2.05) is 19.9 Å². The zero-order valence-corrected chi connectivity index (χ0v) is 7.92. The first-order chi connectivity index (χ1) is 5.70. The molecule has 70 valence electrons. The van der Waals surface area contributed by atoms with Gasteiger partial charge in [-0.1, -0.05) is 11.6 Å². The van der Waals surface area contributed by atoms with Crippen molar-refractivity contribution in [2.75, 3.05) is 19.8 Å². The molecule has 0 aliphatic heterocycles. The highest BCUT2D eigenvalue weighted by Crippen LogP contribution is 1.92. The van der Waals surface area contributed by atoms with Crippen LogP contribution in [0.5, 0.6) is 0 Å². The van der Waals surface area contributed by atoms with Gasteiger partial charge in [0.05, 0.1) is 13.2 Å². The highest BCUT2D eigenvalue weighted by Gasteiger charge is 2.00. The van der Waals surface area contributed by atoms with Crippen molar-refractivity contribution in [3.63, 3.8) is 0 Å². The Morgan fingerprint density at radius 3 is 2.58 bits per heavy atom. The van der Waals surface area contributed by atoms with Crippen molar-refractivity contribution in [1.29, 1.82) is 0 Å². The molecule has 0 amide bonds. The minimum atomic E-state index is -0.304. The molecule has 0 radical (unpaired) electrons. The highest BCUT2D eigenvalue weighted by atomic mass is 16.6. The van der Waals surface area contributed by atoms with E-state index in [0.29, 0.717) is 13.2 Å². The molecular formula is C9H16O3. The molecule has 0 fully saturated rings. The second kappa shape index (κ2) is 6.85. The van der Waals surface area contributed by atoms with Crippen molar-refractivity contribution >= 4 is 5.97 Å². The van der Waals surface area contributed by atoms with Crippen LogP contribution in [0.4, 0.5) is 0 Å². The quantitative estimate of drug-likeness (QED) is 0.466. The molecule has 0 saturated carbocycles. The number of hydrogen-bond donors (Lipinski definition) is 0. The lowest BCUT2D eigenvalue weighted by atomic mass is 10.3. The van der Waals surface area contributed by atoms with Gasteiger partial charge in [-0.3, -0.25) is 0 Å². The molecule has 0 heterocycles. The third-order valence-corrected chi connectivity index (χ3v) is 1.35. The summed E-state index contributed by atoms with van der Waals surface area (Å²) in [7, 11) is 0. The largest absolute Gasteiger partial charge is 0.464 e. The van der Waals surface area contributed by atoms with E-state index in [9.17, 15) is 4.79 Å². The summed E-state index contributed by atoms with van der Waals surface area (Å²) in [6.07, 6.45) is 1.95. The lowest BCUT2D eigenvalue weighted by Gasteiger charge is -2.03. The zero-order valence-electron chi connectivity index (χ0n) is 7.92. The number of rotatable bonds is 5. The molecule has 0 unspecified atom stereocenters. The molecule has 0 aromatic carbocycles. The van der Waals surface area contributed by atoms with Crippen molar-refractivity contribution in [2.24, 2.45) is 0 Å². The van der Waals surface area contributed by atoms with Crippen LogP contribution >= 0.6 is 0 Å². The van der Waals surface area contributed by atoms with E-state index in [4.69, 9.17) is 4.74 Å². The summed E-state index contributed by atoms with van der Waals surface area (Å²) in [5, 5.41) is 0. The summed E-state index contributed by atoms with van der Waals surface area (Å²) in [5.74, 6) is -0.304. The van der Waals surface area contributed by atoms with Crippen LogP contribution < -0.4 is 0 Å². The number of carbonyl (C=O) groups excluding carboxylic acids is 1. The second-order valence-electron chi connectivity index (χ2n) is 2.43. The van der Waals surface area contributed by atoms with Gasteiger partial charge in [0.15, 0.2) is 0 Å². The molecule has 3 heteroatoms. The van der Waals surface area contributed by atoms with E-state index in [1.165, 1.54) is 0 Å². The predicted octanol–water partition coefficient (Wildman–Crippen LogP) is 1.53. The van der Waals surface area contributed by atoms with Gasteiger partial charge in [-0.15, -0.1) is 0 Å². The third-order valence-electron chi connectivity index (χ3n) is 1.35. The number of allylic oxidation sites excluding steroid dienone is 1. The first-order valence-electron chi connectivity index (χ1n) is 4.05. The van der Waals surface area contributed by atoms with Gasteiger partial charge in [-0.05, 0) is 20.8 Å². The molecule has 0 aromatic heterocycles. The third kappa shape index (κ3) is 5.92. The Labute approximate surface area is 73.4 Å². The Balaban J connectivity index is 3.37. The van der Waals surface area contributed by atoms with Crippen LogP contribution in [0.25, 0.3) is 0 Å². The van der Waals surface area contributed by atoms with Crippen LogP contribution in [0.3, 0.4) is 0 Å². The fourth-order valence-corrected chi connectivity index (χ4v) is 0.581. The monoisotopic (exact) mass is 172 g/mol. The van der Waals surface area contributed by atoms with E-state index < -0.39 is 0 Å². The first kappa shape index (κ1) is 11.2. The molecule has 0 aromatic rings.